The molecule has 2 rings (SSSR count). The van der Waals surface area contributed by atoms with Crippen LogP contribution in [0.15, 0.2) is 40.1 Å². The highest BCUT2D eigenvalue weighted by atomic mass is 32.2. The lowest BCUT2D eigenvalue weighted by Crippen LogP contribution is -1.85. The van der Waals surface area contributed by atoms with Gasteiger partial charge in [0.15, 0.2) is 5.82 Å². The number of nitrogen functional groups attached to an aromatic ring is 1. The normalized spacial score (nSPS) is 10.3. The molecule has 0 atom stereocenters. The third-order valence-electron chi connectivity index (χ3n) is 1.63. The zero-order chi connectivity index (χ0) is 9.80. The van der Waals surface area contributed by atoms with E-state index >= 15 is 0 Å². The van der Waals surface area contributed by atoms with Crippen LogP contribution >= 0.6 is 11.8 Å². The van der Waals surface area contributed by atoms with E-state index in [1.165, 1.54) is 6.39 Å². The lowest BCUT2D eigenvalue weighted by molar-refractivity contribution is 0.412. The van der Waals surface area contributed by atoms with Crippen molar-refractivity contribution in [1.82, 2.24) is 10.1 Å². The Balaban J connectivity index is 1.98. The van der Waals surface area contributed by atoms with Gasteiger partial charge in [-0.3, -0.25) is 0 Å². The first-order chi connectivity index (χ1) is 6.84. The minimum absolute atomic E-state index is 0.692. The van der Waals surface area contributed by atoms with Crippen molar-refractivity contribution in [3.8, 4) is 0 Å². The standard InChI is InChI=1S/C9H9N3OS/c10-7-2-1-3-8(4-7)14-5-9-11-6-13-12-9/h1-4,6H,5,10H2. The predicted molar refractivity (Wildman–Crippen MR) is 54.7 cm³/mol. The third kappa shape index (κ3) is 2.26. The molecule has 2 aromatic rings. The lowest BCUT2D eigenvalue weighted by atomic mass is 10.3. The molecule has 4 nitrogen and oxygen atoms in total. The molecule has 0 radical (unpaired) electrons. The number of anilines is 1. The quantitative estimate of drug-likeness (QED) is 0.615. The van der Waals surface area contributed by atoms with E-state index in [9.17, 15) is 0 Å². The van der Waals surface area contributed by atoms with Gasteiger partial charge in [-0.05, 0) is 18.2 Å². The molecule has 14 heavy (non-hydrogen) atoms. The van der Waals surface area contributed by atoms with E-state index in [0.29, 0.717) is 11.6 Å². The zero-order valence-electron chi connectivity index (χ0n) is 7.38. The van der Waals surface area contributed by atoms with E-state index in [-0.39, 0.29) is 0 Å². The third-order valence-corrected chi connectivity index (χ3v) is 2.62. The number of benzene rings is 1. The Morgan fingerprint density at radius 1 is 1.43 bits per heavy atom. The van der Waals surface area contributed by atoms with E-state index in [4.69, 9.17) is 5.73 Å². The maximum Gasteiger partial charge on any atom is 0.213 e. The van der Waals surface area contributed by atoms with E-state index < -0.39 is 0 Å². The zero-order valence-corrected chi connectivity index (χ0v) is 8.20. The minimum atomic E-state index is 0.692. The molecule has 0 fully saturated rings. The summed E-state index contributed by atoms with van der Waals surface area (Å²) in [6.45, 7) is 0. The predicted octanol–water partition coefficient (Wildman–Crippen LogP) is 1.94. The first-order valence-electron chi connectivity index (χ1n) is 4.08. The maximum absolute atomic E-state index is 5.64. The highest BCUT2D eigenvalue weighted by Crippen LogP contribution is 2.22. The van der Waals surface area contributed by atoms with Crippen molar-refractivity contribution in [2.45, 2.75) is 10.6 Å². The average molecular weight is 207 g/mol. The summed E-state index contributed by atoms with van der Waals surface area (Å²) >= 11 is 1.63. The second kappa shape index (κ2) is 4.15. The van der Waals surface area contributed by atoms with Crippen molar-refractivity contribution < 1.29 is 4.52 Å². The fourth-order valence-electron chi connectivity index (χ4n) is 1.01. The van der Waals surface area contributed by atoms with Crippen molar-refractivity contribution in [1.29, 1.82) is 0 Å². The number of hydrogen-bond donors (Lipinski definition) is 1. The molecule has 0 amide bonds. The van der Waals surface area contributed by atoms with Crippen LogP contribution in [0, 0.1) is 0 Å². The summed E-state index contributed by atoms with van der Waals surface area (Å²) in [5.41, 5.74) is 6.41. The van der Waals surface area contributed by atoms with Gasteiger partial charge in [-0.15, -0.1) is 11.8 Å². The molecular weight excluding hydrogens is 198 g/mol. The number of hydrogen-bond acceptors (Lipinski definition) is 5. The fraction of sp³-hybridized carbons (Fsp3) is 0.111. The molecule has 0 aliphatic heterocycles. The summed E-state index contributed by atoms with van der Waals surface area (Å²) in [5, 5.41) is 3.72. The molecule has 0 unspecified atom stereocenters. The van der Waals surface area contributed by atoms with Crippen LogP contribution < -0.4 is 5.73 Å². The largest absolute Gasteiger partial charge is 0.399 e. The smallest absolute Gasteiger partial charge is 0.213 e. The Morgan fingerprint density at radius 2 is 2.36 bits per heavy atom. The van der Waals surface area contributed by atoms with E-state index in [2.05, 4.69) is 14.7 Å². The average Bonchev–Trinajstić information content (AvgIpc) is 2.67. The van der Waals surface area contributed by atoms with Crippen LogP contribution in [0.5, 0.6) is 0 Å². The molecule has 0 aliphatic carbocycles. The summed E-state index contributed by atoms with van der Waals surface area (Å²) < 4.78 is 4.63. The molecule has 0 aliphatic rings. The van der Waals surface area contributed by atoms with Crippen LogP contribution in [0.3, 0.4) is 0 Å². The van der Waals surface area contributed by atoms with Crippen molar-refractivity contribution in [3.05, 3.63) is 36.5 Å². The Hall–Kier alpha value is -1.49. The summed E-state index contributed by atoms with van der Waals surface area (Å²) in [6.07, 6.45) is 1.33. The Bertz CT molecular complexity index is 402. The van der Waals surface area contributed by atoms with Crippen molar-refractivity contribution in [2.24, 2.45) is 0 Å². The summed E-state index contributed by atoms with van der Waals surface area (Å²) in [4.78, 5) is 5.03. The van der Waals surface area contributed by atoms with Gasteiger partial charge in [-0.2, -0.15) is 4.98 Å². The first-order valence-corrected chi connectivity index (χ1v) is 5.07. The highest BCUT2D eigenvalue weighted by Gasteiger charge is 2.00. The van der Waals surface area contributed by atoms with Crippen LogP contribution in [-0.2, 0) is 5.75 Å². The van der Waals surface area contributed by atoms with Crippen LogP contribution in [0.1, 0.15) is 5.82 Å². The second-order valence-corrected chi connectivity index (χ2v) is 3.76. The minimum Gasteiger partial charge on any atom is -0.399 e. The summed E-state index contributed by atoms with van der Waals surface area (Å²) in [6, 6.07) is 7.71. The Morgan fingerprint density at radius 3 is 3.07 bits per heavy atom. The SMILES string of the molecule is Nc1cccc(SCc2ncon2)c1. The van der Waals surface area contributed by atoms with Crippen molar-refractivity contribution in [2.75, 3.05) is 5.73 Å². The molecule has 1 heterocycles. The summed E-state index contributed by atoms with van der Waals surface area (Å²) in [5.74, 6) is 1.39. The van der Waals surface area contributed by atoms with Gasteiger partial charge >= 0.3 is 0 Å². The van der Waals surface area contributed by atoms with Crippen molar-refractivity contribution in [3.63, 3.8) is 0 Å². The maximum atomic E-state index is 5.64. The van der Waals surface area contributed by atoms with Gasteiger partial charge in [0.1, 0.15) is 0 Å². The molecule has 72 valence electrons. The number of nitrogens with two attached hydrogens (primary N) is 1. The van der Waals surface area contributed by atoms with E-state index in [0.717, 1.165) is 10.6 Å². The lowest BCUT2D eigenvalue weighted by Gasteiger charge is -1.99. The molecule has 0 spiro atoms. The monoisotopic (exact) mass is 207 g/mol. The van der Waals surface area contributed by atoms with Gasteiger partial charge in [-0.1, -0.05) is 11.2 Å². The van der Waals surface area contributed by atoms with Crippen LogP contribution in [-0.4, -0.2) is 10.1 Å². The van der Waals surface area contributed by atoms with Crippen LogP contribution in [0.4, 0.5) is 5.69 Å². The van der Waals surface area contributed by atoms with Gasteiger partial charge in [-0.25, -0.2) is 0 Å². The molecule has 1 aromatic heterocycles. The van der Waals surface area contributed by atoms with Crippen molar-refractivity contribution >= 4 is 17.4 Å². The van der Waals surface area contributed by atoms with Crippen LogP contribution in [0.25, 0.3) is 0 Å². The molecule has 2 N–H and O–H groups in total. The number of nitrogens with zero attached hydrogens (tertiary/aromatic N) is 2. The number of thioether (sulfide) groups is 1. The Kier molecular flexibility index (Phi) is 2.69. The molecule has 0 saturated heterocycles. The van der Waals surface area contributed by atoms with Gasteiger partial charge in [0.25, 0.3) is 0 Å². The molecule has 0 bridgehead atoms. The Labute approximate surface area is 85.5 Å². The van der Waals surface area contributed by atoms with Gasteiger partial charge < -0.3 is 10.3 Å². The highest BCUT2D eigenvalue weighted by molar-refractivity contribution is 7.98. The number of aromatic nitrogens is 2. The fourth-order valence-corrected chi connectivity index (χ4v) is 1.83. The topological polar surface area (TPSA) is 64.9 Å². The summed E-state index contributed by atoms with van der Waals surface area (Å²) in [7, 11) is 0. The number of rotatable bonds is 3. The van der Waals surface area contributed by atoms with Gasteiger partial charge in [0, 0.05) is 10.6 Å². The van der Waals surface area contributed by atoms with Crippen LogP contribution in [0.2, 0.25) is 0 Å². The van der Waals surface area contributed by atoms with Gasteiger partial charge in [0.05, 0.1) is 5.75 Å². The van der Waals surface area contributed by atoms with E-state index in [1.807, 2.05) is 24.3 Å². The molecule has 5 heteroatoms. The van der Waals surface area contributed by atoms with Gasteiger partial charge in [0.2, 0.25) is 6.39 Å². The first kappa shape index (κ1) is 9.08. The molecule has 0 saturated carbocycles. The molecule has 1 aromatic carbocycles. The molecular formula is C9H9N3OS. The van der Waals surface area contributed by atoms with E-state index in [1.54, 1.807) is 11.8 Å². The second-order valence-electron chi connectivity index (χ2n) is 2.71.